The van der Waals surface area contributed by atoms with Crippen molar-refractivity contribution in [3.63, 3.8) is 0 Å². The van der Waals surface area contributed by atoms with Gasteiger partial charge in [0.1, 0.15) is 0 Å². The van der Waals surface area contributed by atoms with Gasteiger partial charge in [-0.3, -0.25) is 4.79 Å². The third-order valence-corrected chi connectivity index (χ3v) is 3.69. The van der Waals surface area contributed by atoms with Crippen molar-refractivity contribution in [3.05, 3.63) is 29.3 Å². The van der Waals surface area contributed by atoms with Crippen LogP contribution in [-0.4, -0.2) is 33.6 Å². The van der Waals surface area contributed by atoms with Crippen LogP contribution in [-0.2, 0) is 16.6 Å². The molecule has 0 unspecified atom stereocenters. The Bertz CT molecular complexity index is 600. The largest absolute Gasteiger partial charge is 0.468 e. The molecule has 0 atom stereocenters. The Hall–Kier alpha value is -1.53. The molecule has 0 aliphatic carbocycles. The molecule has 0 bridgehead atoms. The van der Waals surface area contributed by atoms with Gasteiger partial charge >= 0.3 is 5.97 Å². The molecule has 0 saturated heterocycles. The Kier molecular flexibility index (Phi) is 4.44. The van der Waals surface area contributed by atoms with Crippen LogP contribution in [0, 0.1) is 0 Å². The highest BCUT2D eigenvalue weighted by Gasteiger charge is 2.13. The van der Waals surface area contributed by atoms with E-state index in [4.69, 9.17) is 11.6 Å². The van der Waals surface area contributed by atoms with Crippen molar-refractivity contribution < 1.29 is 9.53 Å². The number of rotatable bonds is 4. The number of esters is 1. The molecule has 19 heavy (non-hydrogen) atoms. The number of ether oxygens (including phenoxy) is 1. The standard InChI is InChI=1S/C12H12ClN3O2S/c1-16-11(8-4-3-5-9(13)6-8)14-15-12(16)19-7-10(17)18-2/h3-6H,7H2,1-2H3. The van der Waals surface area contributed by atoms with E-state index in [-0.39, 0.29) is 11.7 Å². The fourth-order valence-corrected chi connectivity index (χ4v) is 2.44. The summed E-state index contributed by atoms with van der Waals surface area (Å²) in [4.78, 5) is 11.1. The summed E-state index contributed by atoms with van der Waals surface area (Å²) in [6, 6.07) is 7.38. The van der Waals surface area contributed by atoms with E-state index in [2.05, 4.69) is 14.9 Å². The van der Waals surface area contributed by atoms with Crippen LogP contribution in [0.3, 0.4) is 0 Å². The number of hydrogen-bond acceptors (Lipinski definition) is 5. The van der Waals surface area contributed by atoms with Gasteiger partial charge in [-0.1, -0.05) is 35.5 Å². The molecule has 5 nitrogen and oxygen atoms in total. The quantitative estimate of drug-likeness (QED) is 0.641. The number of methoxy groups -OCH3 is 1. The highest BCUT2D eigenvalue weighted by atomic mass is 35.5. The SMILES string of the molecule is COC(=O)CSc1nnc(-c2cccc(Cl)c2)n1C. The number of nitrogens with zero attached hydrogens (tertiary/aromatic N) is 3. The highest BCUT2D eigenvalue weighted by molar-refractivity contribution is 7.99. The lowest BCUT2D eigenvalue weighted by molar-refractivity contribution is -0.137. The number of carbonyl (C=O) groups excluding carboxylic acids is 1. The maximum absolute atomic E-state index is 11.1. The van der Waals surface area contributed by atoms with Gasteiger partial charge in [0.05, 0.1) is 12.9 Å². The number of carbonyl (C=O) groups is 1. The summed E-state index contributed by atoms with van der Waals surface area (Å²) >= 11 is 7.23. The van der Waals surface area contributed by atoms with E-state index in [1.807, 2.05) is 29.8 Å². The Balaban J connectivity index is 2.21. The second-order valence-corrected chi connectivity index (χ2v) is 5.12. The van der Waals surface area contributed by atoms with Crippen molar-refractivity contribution >= 4 is 29.3 Å². The number of hydrogen-bond donors (Lipinski definition) is 0. The highest BCUT2D eigenvalue weighted by Crippen LogP contribution is 2.24. The Morgan fingerprint density at radius 3 is 2.95 bits per heavy atom. The van der Waals surface area contributed by atoms with Crippen LogP contribution in [0.15, 0.2) is 29.4 Å². The van der Waals surface area contributed by atoms with Gasteiger partial charge in [-0.15, -0.1) is 10.2 Å². The summed E-state index contributed by atoms with van der Waals surface area (Å²) in [5.74, 6) is 0.616. The van der Waals surface area contributed by atoms with Gasteiger partial charge in [-0.25, -0.2) is 0 Å². The van der Waals surface area contributed by atoms with Crippen LogP contribution in [0.25, 0.3) is 11.4 Å². The molecule has 0 aliphatic heterocycles. The fraction of sp³-hybridized carbons (Fsp3) is 0.250. The first-order valence-corrected chi connectivity index (χ1v) is 6.83. The third kappa shape index (κ3) is 3.27. The minimum atomic E-state index is -0.294. The molecule has 1 heterocycles. The summed E-state index contributed by atoms with van der Waals surface area (Å²) in [5, 5.41) is 9.46. The molecule has 0 spiro atoms. The maximum atomic E-state index is 11.1. The summed E-state index contributed by atoms with van der Waals surface area (Å²) < 4.78 is 6.40. The molecule has 100 valence electrons. The molecule has 0 aliphatic rings. The molecule has 7 heteroatoms. The van der Waals surface area contributed by atoms with Gasteiger partial charge in [0.15, 0.2) is 11.0 Å². The van der Waals surface area contributed by atoms with E-state index < -0.39 is 0 Å². The number of thioether (sulfide) groups is 1. The van der Waals surface area contributed by atoms with E-state index in [0.717, 1.165) is 5.56 Å². The van der Waals surface area contributed by atoms with Crippen LogP contribution in [0.5, 0.6) is 0 Å². The Labute approximate surface area is 119 Å². The lowest BCUT2D eigenvalue weighted by atomic mass is 10.2. The third-order valence-electron chi connectivity index (χ3n) is 2.46. The van der Waals surface area contributed by atoms with Crippen LogP contribution in [0.2, 0.25) is 5.02 Å². The van der Waals surface area contributed by atoms with E-state index >= 15 is 0 Å². The van der Waals surface area contributed by atoms with Crippen molar-refractivity contribution in [2.24, 2.45) is 7.05 Å². The lowest BCUT2D eigenvalue weighted by Gasteiger charge is -2.03. The van der Waals surface area contributed by atoms with Crippen LogP contribution in [0.4, 0.5) is 0 Å². The average molecular weight is 298 g/mol. The monoisotopic (exact) mass is 297 g/mol. The molecule has 0 amide bonds. The van der Waals surface area contributed by atoms with Gasteiger partial charge in [0, 0.05) is 17.6 Å². The maximum Gasteiger partial charge on any atom is 0.316 e. The van der Waals surface area contributed by atoms with E-state index in [9.17, 15) is 4.79 Å². The van der Waals surface area contributed by atoms with Crippen molar-refractivity contribution in [2.45, 2.75) is 5.16 Å². The molecule has 1 aromatic carbocycles. The van der Waals surface area contributed by atoms with Crippen molar-refractivity contribution in [2.75, 3.05) is 12.9 Å². The first kappa shape index (κ1) is 13.9. The first-order chi connectivity index (χ1) is 9.11. The van der Waals surface area contributed by atoms with Crippen molar-refractivity contribution in [1.29, 1.82) is 0 Å². The molecular formula is C12H12ClN3O2S. The zero-order chi connectivity index (χ0) is 13.8. The van der Waals surface area contributed by atoms with Gasteiger partial charge in [0.25, 0.3) is 0 Å². The minimum Gasteiger partial charge on any atom is -0.468 e. The van der Waals surface area contributed by atoms with Gasteiger partial charge in [0.2, 0.25) is 0 Å². The topological polar surface area (TPSA) is 57.0 Å². The predicted molar refractivity (Wildman–Crippen MR) is 74.2 cm³/mol. The molecule has 0 N–H and O–H groups in total. The zero-order valence-electron chi connectivity index (χ0n) is 10.5. The molecule has 1 aromatic heterocycles. The summed E-state index contributed by atoms with van der Waals surface area (Å²) in [7, 11) is 3.20. The van der Waals surface area contributed by atoms with E-state index in [1.165, 1.54) is 18.9 Å². The van der Waals surface area contributed by atoms with E-state index in [1.54, 1.807) is 6.07 Å². The first-order valence-electron chi connectivity index (χ1n) is 5.46. The van der Waals surface area contributed by atoms with Crippen LogP contribution >= 0.6 is 23.4 Å². The lowest BCUT2D eigenvalue weighted by Crippen LogP contribution is -2.04. The van der Waals surface area contributed by atoms with Crippen LogP contribution in [0.1, 0.15) is 0 Å². The smallest absolute Gasteiger partial charge is 0.316 e. The Morgan fingerprint density at radius 2 is 2.26 bits per heavy atom. The minimum absolute atomic E-state index is 0.206. The molecule has 0 fully saturated rings. The van der Waals surface area contributed by atoms with Gasteiger partial charge in [-0.05, 0) is 12.1 Å². The molecule has 2 aromatic rings. The molecule has 0 saturated carbocycles. The van der Waals surface area contributed by atoms with Crippen molar-refractivity contribution in [3.8, 4) is 11.4 Å². The molecular weight excluding hydrogens is 286 g/mol. The predicted octanol–water partition coefficient (Wildman–Crippen LogP) is 2.40. The zero-order valence-corrected chi connectivity index (χ0v) is 12.0. The van der Waals surface area contributed by atoms with E-state index in [0.29, 0.717) is 16.0 Å². The summed E-state index contributed by atoms with van der Waals surface area (Å²) in [5.41, 5.74) is 0.882. The number of benzene rings is 1. The van der Waals surface area contributed by atoms with Gasteiger partial charge in [-0.2, -0.15) is 0 Å². The average Bonchev–Trinajstić information content (AvgIpc) is 2.77. The van der Waals surface area contributed by atoms with Crippen LogP contribution < -0.4 is 0 Å². The fourth-order valence-electron chi connectivity index (χ4n) is 1.50. The second-order valence-electron chi connectivity index (χ2n) is 3.74. The Morgan fingerprint density at radius 1 is 1.47 bits per heavy atom. The van der Waals surface area contributed by atoms with Crippen molar-refractivity contribution in [1.82, 2.24) is 14.8 Å². The molecule has 2 rings (SSSR count). The number of aromatic nitrogens is 3. The normalized spacial score (nSPS) is 10.5. The number of halogens is 1. The summed E-state index contributed by atoms with van der Waals surface area (Å²) in [6.45, 7) is 0. The molecule has 0 radical (unpaired) electrons. The van der Waals surface area contributed by atoms with Gasteiger partial charge < -0.3 is 9.30 Å². The second kappa shape index (κ2) is 6.08. The summed E-state index contributed by atoms with van der Waals surface area (Å²) in [6.07, 6.45) is 0.